The fourth-order valence-electron chi connectivity index (χ4n) is 4.51. The lowest BCUT2D eigenvalue weighted by molar-refractivity contribution is -0.172. The van der Waals surface area contributed by atoms with E-state index >= 15 is 0 Å². The molecule has 1 aromatic carbocycles. The first-order chi connectivity index (χ1) is 15.6. The highest BCUT2D eigenvalue weighted by atomic mass is 16.6. The molecule has 0 saturated heterocycles. The first-order valence-corrected chi connectivity index (χ1v) is 10.9. The highest BCUT2D eigenvalue weighted by Gasteiger charge is 2.47. The zero-order valence-corrected chi connectivity index (χ0v) is 19.0. The summed E-state index contributed by atoms with van der Waals surface area (Å²) < 4.78 is 6.83. The van der Waals surface area contributed by atoms with Crippen LogP contribution in [0.3, 0.4) is 0 Å². The molecule has 170 valence electrons. The number of carbonyl (C=O) groups excluding carboxylic acids is 1. The van der Waals surface area contributed by atoms with Crippen molar-refractivity contribution in [3.63, 3.8) is 0 Å². The van der Waals surface area contributed by atoms with Gasteiger partial charge in [0.15, 0.2) is 5.60 Å². The Morgan fingerprint density at radius 2 is 2.06 bits per heavy atom. The van der Waals surface area contributed by atoms with Gasteiger partial charge in [-0.1, -0.05) is 30.3 Å². The number of hydrogen-bond donors (Lipinski definition) is 1. The lowest BCUT2D eigenvalue weighted by Gasteiger charge is -2.33. The van der Waals surface area contributed by atoms with E-state index < -0.39 is 17.2 Å². The van der Waals surface area contributed by atoms with Crippen molar-refractivity contribution >= 4 is 23.1 Å². The van der Waals surface area contributed by atoms with Crippen LogP contribution in [-0.2, 0) is 33.1 Å². The van der Waals surface area contributed by atoms with Crippen LogP contribution in [0, 0.1) is 0 Å². The number of oxime groups is 1. The Hall–Kier alpha value is -3.52. The molecule has 33 heavy (non-hydrogen) atoms. The van der Waals surface area contributed by atoms with Crippen LogP contribution < -0.4 is 5.56 Å². The van der Waals surface area contributed by atoms with E-state index in [4.69, 9.17) is 14.6 Å². The summed E-state index contributed by atoms with van der Waals surface area (Å²) in [5.74, 6) is -0.780. The summed E-state index contributed by atoms with van der Waals surface area (Å²) in [7, 11) is 0. The maximum atomic E-state index is 13.5. The maximum absolute atomic E-state index is 13.5. The molecule has 5 rings (SSSR count). The van der Waals surface area contributed by atoms with Crippen LogP contribution >= 0.6 is 0 Å². The Balaban J connectivity index is 1.85. The molecule has 8 nitrogen and oxygen atoms in total. The second-order valence-corrected chi connectivity index (χ2v) is 9.42. The van der Waals surface area contributed by atoms with Gasteiger partial charge in [0.1, 0.15) is 12.2 Å². The third kappa shape index (κ3) is 3.24. The molecule has 0 amide bonds. The zero-order chi connectivity index (χ0) is 23.5. The molecular weight excluding hydrogens is 422 g/mol. The molecule has 8 heteroatoms. The van der Waals surface area contributed by atoms with Gasteiger partial charge in [-0.15, -0.1) is 0 Å². The van der Waals surface area contributed by atoms with Gasteiger partial charge < -0.3 is 19.2 Å². The van der Waals surface area contributed by atoms with Gasteiger partial charge in [-0.2, -0.15) is 0 Å². The molecule has 0 aliphatic carbocycles. The molecule has 2 aliphatic rings. The minimum atomic E-state index is -1.97. The Morgan fingerprint density at radius 1 is 1.30 bits per heavy atom. The average Bonchev–Trinajstić information content (AvgIpc) is 3.14. The summed E-state index contributed by atoms with van der Waals surface area (Å²) in [4.78, 5) is 36.6. The number of benzene rings is 1. The Labute approximate surface area is 190 Å². The molecule has 0 fully saturated rings. The summed E-state index contributed by atoms with van der Waals surface area (Å²) in [6.45, 7) is 7.39. The molecule has 2 aliphatic heterocycles. The predicted octanol–water partition coefficient (Wildman–Crippen LogP) is 3.23. The topological polar surface area (TPSA) is 103 Å². The van der Waals surface area contributed by atoms with Gasteiger partial charge in [0.25, 0.3) is 5.56 Å². The smallest absolute Gasteiger partial charge is 0.343 e. The minimum Gasteiger partial charge on any atom is -0.458 e. The number of fused-ring (bicyclic) bond motifs is 5. The Bertz CT molecular complexity index is 1400. The molecule has 0 radical (unpaired) electrons. The van der Waals surface area contributed by atoms with Gasteiger partial charge in [0.05, 0.1) is 35.2 Å². The molecule has 3 aromatic rings. The van der Waals surface area contributed by atoms with Crippen LogP contribution in [0.1, 0.15) is 56.4 Å². The molecule has 0 saturated carbocycles. The van der Waals surface area contributed by atoms with Gasteiger partial charge in [-0.05, 0) is 39.3 Å². The molecule has 0 unspecified atom stereocenters. The number of ether oxygens (including phenoxy) is 1. The summed E-state index contributed by atoms with van der Waals surface area (Å²) in [6, 6.07) is 9.74. The van der Waals surface area contributed by atoms with E-state index in [2.05, 4.69) is 5.16 Å². The van der Waals surface area contributed by atoms with E-state index in [1.54, 1.807) is 11.5 Å². The number of carbonyl (C=O) groups is 1. The first kappa shape index (κ1) is 21.3. The number of hydrogen-bond acceptors (Lipinski definition) is 7. The molecule has 0 bridgehead atoms. The van der Waals surface area contributed by atoms with Crippen molar-refractivity contribution in [1.82, 2.24) is 9.55 Å². The molecule has 4 heterocycles. The van der Waals surface area contributed by atoms with Crippen molar-refractivity contribution in [3.05, 3.63) is 62.9 Å². The van der Waals surface area contributed by atoms with Crippen molar-refractivity contribution in [1.29, 1.82) is 0 Å². The van der Waals surface area contributed by atoms with Crippen LogP contribution in [-0.4, -0.2) is 32.4 Å². The molecular formula is C25H25N3O5. The quantitative estimate of drug-likeness (QED) is 0.294. The van der Waals surface area contributed by atoms with Gasteiger partial charge in [-0.3, -0.25) is 4.79 Å². The summed E-state index contributed by atoms with van der Waals surface area (Å²) in [5, 5.41) is 16.5. The van der Waals surface area contributed by atoms with Crippen molar-refractivity contribution in [2.24, 2.45) is 5.16 Å². The Kier molecular flexibility index (Phi) is 4.68. The normalized spacial score (nSPS) is 19.4. The first-order valence-electron chi connectivity index (χ1n) is 10.9. The molecule has 2 aromatic heterocycles. The van der Waals surface area contributed by atoms with Crippen LogP contribution in [0.4, 0.5) is 0 Å². The fourth-order valence-corrected chi connectivity index (χ4v) is 4.51. The highest BCUT2D eigenvalue weighted by Crippen LogP contribution is 2.41. The predicted molar refractivity (Wildman–Crippen MR) is 123 cm³/mol. The number of aliphatic hydroxyl groups is 1. The van der Waals surface area contributed by atoms with Gasteiger partial charge >= 0.3 is 5.97 Å². The van der Waals surface area contributed by atoms with E-state index in [0.29, 0.717) is 23.5 Å². The standard InChI is InChI=1S/C25H25N3O5/c1-5-25(31)19-16(11-26-33-24(2,3)4)21-20-15(10-14-8-6-7-9-18(14)27-20)12-28(21)22(29)17(19)13-32-23(25)30/h6-11,31H,5,12-13H2,1-4H3/b26-11+/t25-/m0/s1. The Morgan fingerprint density at radius 3 is 2.79 bits per heavy atom. The molecule has 1 N–H and O–H groups in total. The number of para-hydroxylation sites is 1. The lowest BCUT2D eigenvalue weighted by atomic mass is 9.82. The third-order valence-corrected chi connectivity index (χ3v) is 6.07. The second kappa shape index (κ2) is 7.25. The summed E-state index contributed by atoms with van der Waals surface area (Å²) >= 11 is 0. The third-order valence-electron chi connectivity index (χ3n) is 6.07. The van der Waals surface area contributed by atoms with Crippen molar-refractivity contribution in [2.75, 3.05) is 0 Å². The number of nitrogens with zero attached hydrogens (tertiary/aromatic N) is 3. The van der Waals surface area contributed by atoms with Crippen molar-refractivity contribution < 1.29 is 19.5 Å². The monoisotopic (exact) mass is 447 g/mol. The minimum absolute atomic E-state index is 0.0424. The number of rotatable bonds is 3. The van der Waals surface area contributed by atoms with Gasteiger partial charge in [-0.25, -0.2) is 9.78 Å². The van der Waals surface area contributed by atoms with Crippen molar-refractivity contribution in [3.8, 4) is 11.4 Å². The summed E-state index contributed by atoms with van der Waals surface area (Å²) in [5.41, 5.74) is 0.902. The van der Waals surface area contributed by atoms with E-state index in [9.17, 15) is 14.7 Å². The van der Waals surface area contributed by atoms with Crippen LogP contribution in [0.2, 0.25) is 0 Å². The SMILES string of the molecule is CC[C@@]1(O)C(=O)OCc2c1c(/C=N/OC(C)(C)C)c1n(c2=O)Cc2cc3ccccc3nc2-1. The molecule has 0 spiro atoms. The van der Waals surface area contributed by atoms with Crippen LogP contribution in [0.5, 0.6) is 0 Å². The number of esters is 1. The largest absolute Gasteiger partial charge is 0.458 e. The van der Waals surface area contributed by atoms with Gasteiger partial charge in [0.2, 0.25) is 0 Å². The van der Waals surface area contributed by atoms with Crippen LogP contribution in [0.15, 0.2) is 40.3 Å². The fraction of sp³-hybridized carbons (Fsp3) is 0.360. The van der Waals surface area contributed by atoms with Gasteiger partial charge in [0, 0.05) is 22.1 Å². The van der Waals surface area contributed by atoms with E-state index in [1.165, 1.54) is 6.21 Å². The second-order valence-electron chi connectivity index (χ2n) is 9.42. The number of pyridine rings is 2. The van der Waals surface area contributed by atoms with E-state index in [-0.39, 0.29) is 29.7 Å². The zero-order valence-electron chi connectivity index (χ0n) is 19.0. The van der Waals surface area contributed by atoms with Crippen LogP contribution in [0.25, 0.3) is 22.3 Å². The number of aromatic nitrogens is 2. The summed E-state index contributed by atoms with van der Waals surface area (Å²) in [6.07, 6.45) is 1.52. The highest BCUT2D eigenvalue weighted by molar-refractivity contribution is 5.97. The average molecular weight is 447 g/mol. The van der Waals surface area contributed by atoms with E-state index in [1.807, 2.05) is 51.1 Å². The maximum Gasteiger partial charge on any atom is 0.343 e. The number of cyclic esters (lactones) is 1. The molecule has 1 atom stereocenters. The van der Waals surface area contributed by atoms with E-state index in [0.717, 1.165) is 16.5 Å². The lowest BCUT2D eigenvalue weighted by Crippen LogP contribution is -2.45. The van der Waals surface area contributed by atoms with Crippen molar-refractivity contribution in [2.45, 2.75) is 58.5 Å².